The Balaban J connectivity index is 2.20. The van der Waals surface area contributed by atoms with Crippen LogP contribution in [0.1, 0.15) is 54.5 Å². The van der Waals surface area contributed by atoms with Gasteiger partial charge >= 0.3 is 0 Å². The van der Waals surface area contributed by atoms with Crippen LogP contribution in [0, 0.1) is 20.8 Å². The number of carbonyl (C=O) groups excluding carboxylic acids is 2. The maximum Gasteiger partial charge on any atom is 0.242 e. The Hall–Kier alpha value is -2.62. The van der Waals surface area contributed by atoms with E-state index in [1.165, 1.54) is 5.56 Å². The van der Waals surface area contributed by atoms with E-state index in [1.807, 2.05) is 64.1 Å². The standard InChI is InChI=1S/C25H34N2O2/c1-6-7-12-26-25(29)21(5)27(17-22-10-8-18(2)9-11-22)24(28)16-23-14-19(3)13-20(4)15-23/h8-11,13-15,21H,6-7,12,16-17H2,1-5H3,(H,26,29)/t21-/m0/s1. The van der Waals surface area contributed by atoms with Crippen LogP contribution < -0.4 is 5.32 Å². The summed E-state index contributed by atoms with van der Waals surface area (Å²) in [4.78, 5) is 27.6. The Kier molecular flexibility index (Phi) is 8.44. The molecule has 0 aliphatic rings. The van der Waals surface area contributed by atoms with Crippen molar-refractivity contribution >= 4 is 11.8 Å². The highest BCUT2D eigenvalue weighted by Gasteiger charge is 2.26. The molecule has 0 aliphatic carbocycles. The molecule has 4 heteroatoms. The smallest absolute Gasteiger partial charge is 0.242 e. The minimum absolute atomic E-state index is 0.0336. The van der Waals surface area contributed by atoms with Crippen LogP contribution in [0.3, 0.4) is 0 Å². The first-order valence-corrected chi connectivity index (χ1v) is 10.5. The molecule has 0 saturated heterocycles. The van der Waals surface area contributed by atoms with Gasteiger partial charge in [0.25, 0.3) is 0 Å². The summed E-state index contributed by atoms with van der Waals surface area (Å²) >= 11 is 0. The van der Waals surface area contributed by atoms with Gasteiger partial charge in [-0.25, -0.2) is 0 Å². The fourth-order valence-corrected chi connectivity index (χ4v) is 3.46. The van der Waals surface area contributed by atoms with Crippen LogP contribution in [0.4, 0.5) is 0 Å². The Bertz CT molecular complexity index is 807. The van der Waals surface area contributed by atoms with Crippen LogP contribution in [0.25, 0.3) is 0 Å². The molecule has 0 aromatic heterocycles. The molecule has 29 heavy (non-hydrogen) atoms. The van der Waals surface area contributed by atoms with Gasteiger partial charge in [0.1, 0.15) is 6.04 Å². The lowest BCUT2D eigenvalue weighted by atomic mass is 10.0. The molecular formula is C25H34N2O2. The van der Waals surface area contributed by atoms with E-state index in [1.54, 1.807) is 4.90 Å². The molecule has 1 N–H and O–H groups in total. The lowest BCUT2D eigenvalue weighted by Crippen LogP contribution is -2.48. The number of unbranched alkanes of at least 4 members (excludes halogenated alkanes) is 1. The van der Waals surface area contributed by atoms with Crippen LogP contribution in [0.2, 0.25) is 0 Å². The molecular weight excluding hydrogens is 360 g/mol. The third-order valence-electron chi connectivity index (χ3n) is 5.11. The van der Waals surface area contributed by atoms with Crippen molar-refractivity contribution in [2.24, 2.45) is 0 Å². The van der Waals surface area contributed by atoms with E-state index >= 15 is 0 Å². The number of benzene rings is 2. The number of carbonyl (C=O) groups is 2. The van der Waals surface area contributed by atoms with Crippen molar-refractivity contribution in [3.8, 4) is 0 Å². The average Bonchev–Trinajstić information content (AvgIpc) is 2.66. The summed E-state index contributed by atoms with van der Waals surface area (Å²) in [5.74, 6) is -0.131. The molecule has 0 aliphatic heterocycles. The summed E-state index contributed by atoms with van der Waals surface area (Å²) in [6, 6.07) is 13.8. The monoisotopic (exact) mass is 394 g/mol. The highest BCUT2D eigenvalue weighted by Crippen LogP contribution is 2.15. The number of aryl methyl sites for hydroxylation is 3. The molecule has 156 valence electrons. The summed E-state index contributed by atoms with van der Waals surface area (Å²) in [5.41, 5.74) is 5.47. The molecule has 0 heterocycles. The summed E-state index contributed by atoms with van der Waals surface area (Å²) in [6.07, 6.45) is 2.25. The van der Waals surface area contributed by atoms with Crippen LogP contribution in [0.5, 0.6) is 0 Å². The zero-order valence-corrected chi connectivity index (χ0v) is 18.4. The van der Waals surface area contributed by atoms with Crippen molar-refractivity contribution < 1.29 is 9.59 Å². The molecule has 0 radical (unpaired) electrons. The minimum Gasteiger partial charge on any atom is -0.354 e. The van der Waals surface area contributed by atoms with E-state index in [4.69, 9.17) is 0 Å². The number of hydrogen-bond acceptors (Lipinski definition) is 2. The van der Waals surface area contributed by atoms with Gasteiger partial charge in [-0.15, -0.1) is 0 Å². The van der Waals surface area contributed by atoms with Gasteiger partial charge in [-0.2, -0.15) is 0 Å². The Labute approximate surface area is 175 Å². The lowest BCUT2D eigenvalue weighted by Gasteiger charge is -2.29. The lowest BCUT2D eigenvalue weighted by molar-refractivity contribution is -0.140. The van der Waals surface area contributed by atoms with Crippen LogP contribution in [0.15, 0.2) is 42.5 Å². The second kappa shape index (κ2) is 10.8. The molecule has 4 nitrogen and oxygen atoms in total. The Morgan fingerprint density at radius 1 is 0.931 bits per heavy atom. The van der Waals surface area contributed by atoms with Gasteiger partial charge in [0.2, 0.25) is 11.8 Å². The zero-order valence-electron chi connectivity index (χ0n) is 18.4. The normalized spacial score (nSPS) is 11.8. The number of rotatable bonds is 9. The molecule has 0 saturated carbocycles. The molecule has 0 unspecified atom stereocenters. The molecule has 2 aromatic rings. The van der Waals surface area contributed by atoms with Crippen LogP contribution in [-0.4, -0.2) is 29.3 Å². The zero-order chi connectivity index (χ0) is 21.4. The van der Waals surface area contributed by atoms with Crippen molar-refractivity contribution in [3.05, 3.63) is 70.3 Å². The number of nitrogens with one attached hydrogen (secondary N) is 1. The van der Waals surface area contributed by atoms with Gasteiger partial charge in [0.05, 0.1) is 6.42 Å². The number of amides is 2. The van der Waals surface area contributed by atoms with Crippen molar-refractivity contribution in [2.45, 2.75) is 66.5 Å². The second-order valence-electron chi connectivity index (χ2n) is 8.00. The third-order valence-corrected chi connectivity index (χ3v) is 5.11. The predicted molar refractivity (Wildman–Crippen MR) is 119 cm³/mol. The van der Waals surface area contributed by atoms with E-state index in [0.29, 0.717) is 19.5 Å². The molecule has 2 rings (SSSR count). The third kappa shape index (κ3) is 7.04. The van der Waals surface area contributed by atoms with Crippen molar-refractivity contribution in [1.82, 2.24) is 10.2 Å². The van der Waals surface area contributed by atoms with Crippen molar-refractivity contribution in [3.63, 3.8) is 0 Å². The minimum atomic E-state index is -0.522. The summed E-state index contributed by atoms with van der Waals surface area (Å²) in [5, 5.41) is 2.96. The molecule has 0 spiro atoms. The van der Waals surface area contributed by atoms with Gasteiger partial charge in [0.15, 0.2) is 0 Å². The van der Waals surface area contributed by atoms with Crippen molar-refractivity contribution in [2.75, 3.05) is 6.54 Å². The highest BCUT2D eigenvalue weighted by atomic mass is 16.2. The van der Waals surface area contributed by atoms with E-state index in [2.05, 4.69) is 18.3 Å². The molecule has 2 amide bonds. The maximum atomic E-state index is 13.2. The predicted octanol–water partition coefficient (Wildman–Crippen LogP) is 4.49. The fraction of sp³-hybridized carbons (Fsp3) is 0.440. The van der Waals surface area contributed by atoms with E-state index in [-0.39, 0.29) is 11.8 Å². The van der Waals surface area contributed by atoms with Crippen molar-refractivity contribution in [1.29, 1.82) is 0 Å². The first kappa shape index (κ1) is 22.7. The Morgan fingerprint density at radius 3 is 2.14 bits per heavy atom. The van der Waals surface area contributed by atoms with Gasteiger partial charge < -0.3 is 10.2 Å². The quantitative estimate of drug-likeness (QED) is 0.637. The van der Waals surface area contributed by atoms with Crippen LogP contribution >= 0.6 is 0 Å². The SMILES string of the molecule is CCCCNC(=O)[C@H](C)N(Cc1ccc(C)cc1)C(=O)Cc1cc(C)cc(C)c1. The topological polar surface area (TPSA) is 49.4 Å². The van der Waals surface area contributed by atoms with Gasteiger partial charge in [-0.3, -0.25) is 9.59 Å². The van der Waals surface area contributed by atoms with Crippen LogP contribution in [-0.2, 0) is 22.6 Å². The van der Waals surface area contributed by atoms with Gasteiger partial charge in [-0.05, 0) is 45.2 Å². The van der Waals surface area contributed by atoms with Gasteiger partial charge in [0, 0.05) is 13.1 Å². The molecule has 0 fully saturated rings. The Morgan fingerprint density at radius 2 is 1.55 bits per heavy atom. The average molecular weight is 395 g/mol. The van der Waals surface area contributed by atoms with E-state index in [0.717, 1.165) is 35.1 Å². The maximum absolute atomic E-state index is 13.2. The van der Waals surface area contributed by atoms with E-state index < -0.39 is 6.04 Å². The molecule has 0 bridgehead atoms. The van der Waals surface area contributed by atoms with E-state index in [9.17, 15) is 9.59 Å². The largest absolute Gasteiger partial charge is 0.354 e. The number of hydrogen-bond donors (Lipinski definition) is 1. The number of nitrogens with zero attached hydrogens (tertiary/aromatic N) is 1. The first-order valence-electron chi connectivity index (χ1n) is 10.5. The highest BCUT2D eigenvalue weighted by molar-refractivity contribution is 5.88. The van der Waals surface area contributed by atoms with Gasteiger partial charge in [-0.1, -0.05) is 72.5 Å². The summed E-state index contributed by atoms with van der Waals surface area (Å²) in [6.45, 7) is 11.1. The summed E-state index contributed by atoms with van der Waals surface area (Å²) in [7, 11) is 0. The molecule has 2 aromatic carbocycles. The second-order valence-corrected chi connectivity index (χ2v) is 8.00. The first-order chi connectivity index (χ1) is 13.8. The molecule has 1 atom stereocenters. The fourth-order valence-electron chi connectivity index (χ4n) is 3.46. The summed E-state index contributed by atoms with van der Waals surface area (Å²) < 4.78 is 0.